The van der Waals surface area contributed by atoms with Crippen molar-refractivity contribution in [3.63, 3.8) is 0 Å². The lowest BCUT2D eigenvalue weighted by Gasteiger charge is -2.12. The number of nitrogens with zero attached hydrogens (tertiary/aromatic N) is 1. The van der Waals surface area contributed by atoms with Gasteiger partial charge in [-0.3, -0.25) is 4.99 Å². The lowest BCUT2D eigenvalue weighted by Crippen LogP contribution is -2.20. The van der Waals surface area contributed by atoms with Crippen molar-refractivity contribution in [2.75, 3.05) is 6.54 Å². The normalized spacial score (nSPS) is 19.3. The van der Waals surface area contributed by atoms with Crippen molar-refractivity contribution in [1.82, 2.24) is 5.32 Å². The number of aliphatic imine (C=N–C) groups is 1. The van der Waals surface area contributed by atoms with Gasteiger partial charge in [-0.05, 0) is 23.6 Å². The fraction of sp³-hybridized carbons (Fsp3) is 0.500. The van der Waals surface area contributed by atoms with Crippen molar-refractivity contribution in [2.24, 2.45) is 10.9 Å². The first kappa shape index (κ1) is 15.2. The maximum Gasteiger partial charge on any atom is 0.416 e. The van der Waals surface area contributed by atoms with E-state index in [2.05, 4.69) is 24.2 Å². The summed E-state index contributed by atoms with van der Waals surface area (Å²) in [6.45, 7) is 5.62. The number of hydrogen-bond donors (Lipinski definition) is 1. The molecule has 0 aliphatic carbocycles. The molecule has 1 aromatic carbocycles. The highest BCUT2D eigenvalue weighted by Crippen LogP contribution is 2.29. The number of thioether (sulfide) groups is 1. The number of benzene rings is 1. The number of rotatable bonds is 3. The topological polar surface area (TPSA) is 24.4 Å². The second kappa shape index (κ2) is 6.08. The predicted molar refractivity (Wildman–Crippen MR) is 76.8 cm³/mol. The predicted octanol–water partition coefficient (Wildman–Crippen LogP) is 3.92. The third-order valence-electron chi connectivity index (χ3n) is 3.15. The molecule has 2 nitrogen and oxygen atoms in total. The van der Waals surface area contributed by atoms with Crippen LogP contribution in [-0.2, 0) is 12.7 Å². The quantitative estimate of drug-likeness (QED) is 0.915. The molecule has 1 heterocycles. The first-order valence-corrected chi connectivity index (χ1v) is 7.35. The van der Waals surface area contributed by atoms with E-state index in [0.29, 0.717) is 17.7 Å². The van der Waals surface area contributed by atoms with Crippen LogP contribution in [0.2, 0.25) is 0 Å². The summed E-state index contributed by atoms with van der Waals surface area (Å²) in [4.78, 5) is 4.40. The van der Waals surface area contributed by atoms with E-state index in [4.69, 9.17) is 0 Å². The second-order valence-electron chi connectivity index (χ2n) is 5.09. The summed E-state index contributed by atoms with van der Waals surface area (Å²) in [5.41, 5.74) is 0.197. The lowest BCUT2D eigenvalue weighted by molar-refractivity contribution is -0.137. The monoisotopic (exact) mass is 302 g/mol. The summed E-state index contributed by atoms with van der Waals surface area (Å²) in [6.07, 6.45) is -4.28. The lowest BCUT2D eigenvalue weighted by atomic mass is 10.1. The maximum atomic E-state index is 12.4. The van der Waals surface area contributed by atoms with Crippen LogP contribution in [-0.4, -0.2) is 17.0 Å². The molecular formula is C14H17F3N2S. The molecule has 0 amide bonds. The smallest absolute Gasteiger partial charge is 0.361 e. The van der Waals surface area contributed by atoms with Gasteiger partial charge in [0.05, 0.1) is 12.1 Å². The van der Waals surface area contributed by atoms with E-state index < -0.39 is 11.7 Å². The van der Waals surface area contributed by atoms with E-state index in [1.807, 2.05) is 0 Å². The van der Waals surface area contributed by atoms with Crippen LogP contribution in [0.1, 0.15) is 25.0 Å². The van der Waals surface area contributed by atoms with Crippen molar-refractivity contribution >= 4 is 16.9 Å². The fourth-order valence-corrected chi connectivity index (χ4v) is 2.84. The number of halogens is 3. The van der Waals surface area contributed by atoms with Crippen LogP contribution in [0.25, 0.3) is 0 Å². The largest absolute Gasteiger partial charge is 0.416 e. The second-order valence-corrected chi connectivity index (χ2v) is 6.32. The average molecular weight is 302 g/mol. The Kier molecular flexibility index (Phi) is 4.62. The highest BCUT2D eigenvalue weighted by molar-refractivity contribution is 8.14. The molecule has 1 atom stereocenters. The van der Waals surface area contributed by atoms with Crippen molar-refractivity contribution in [1.29, 1.82) is 0 Å². The highest BCUT2D eigenvalue weighted by atomic mass is 32.2. The van der Waals surface area contributed by atoms with Gasteiger partial charge in [0.2, 0.25) is 0 Å². The van der Waals surface area contributed by atoms with Gasteiger partial charge in [0.1, 0.15) is 0 Å². The maximum absolute atomic E-state index is 12.4. The summed E-state index contributed by atoms with van der Waals surface area (Å²) < 4.78 is 37.3. The van der Waals surface area contributed by atoms with Crippen LogP contribution >= 0.6 is 11.8 Å². The van der Waals surface area contributed by atoms with Crippen LogP contribution in [0, 0.1) is 5.92 Å². The standard InChI is InChI=1S/C14H17F3N2S/c1-9(2)12-8-19-13(20-12)18-7-10-3-5-11(6-4-10)14(15,16)17/h3-6,9,12H,7-8H2,1-2H3,(H,18,19). The molecule has 0 bridgehead atoms. The van der Waals surface area contributed by atoms with E-state index in [1.165, 1.54) is 12.1 Å². The van der Waals surface area contributed by atoms with Gasteiger partial charge in [-0.1, -0.05) is 37.7 Å². The number of alkyl halides is 3. The summed E-state index contributed by atoms with van der Waals surface area (Å²) in [7, 11) is 0. The Bertz CT molecular complexity index is 480. The molecule has 0 fully saturated rings. The molecular weight excluding hydrogens is 285 g/mol. The molecule has 2 rings (SSSR count). The number of nitrogens with one attached hydrogen (secondary N) is 1. The first-order chi connectivity index (χ1) is 9.36. The van der Waals surface area contributed by atoms with E-state index >= 15 is 0 Å². The van der Waals surface area contributed by atoms with Crippen LogP contribution in [0.15, 0.2) is 29.3 Å². The van der Waals surface area contributed by atoms with Gasteiger partial charge in [-0.15, -0.1) is 0 Å². The van der Waals surface area contributed by atoms with Crippen LogP contribution in [0.4, 0.5) is 13.2 Å². The summed E-state index contributed by atoms with van der Waals surface area (Å²) >= 11 is 1.70. The Morgan fingerprint density at radius 2 is 1.95 bits per heavy atom. The molecule has 0 saturated heterocycles. The zero-order valence-corrected chi connectivity index (χ0v) is 12.2. The van der Waals surface area contributed by atoms with Crippen molar-refractivity contribution in [3.8, 4) is 0 Å². The molecule has 6 heteroatoms. The molecule has 1 aliphatic heterocycles. The molecule has 110 valence electrons. The Morgan fingerprint density at radius 3 is 2.45 bits per heavy atom. The molecule has 1 aliphatic rings. The molecule has 1 aromatic rings. The fourth-order valence-electron chi connectivity index (χ4n) is 1.82. The summed E-state index contributed by atoms with van der Waals surface area (Å²) in [5, 5.41) is 4.54. The Balaban J connectivity index is 1.86. The van der Waals surface area contributed by atoms with Crippen molar-refractivity contribution in [3.05, 3.63) is 35.4 Å². The average Bonchev–Trinajstić information content (AvgIpc) is 2.85. The van der Waals surface area contributed by atoms with Gasteiger partial charge in [-0.25, -0.2) is 0 Å². The Hall–Kier alpha value is -1.17. The first-order valence-electron chi connectivity index (χ1n) is 6.47. The Morgan fingerprint density at radius 1 is 1.30 bits per heavy atom. The summed E-state index contributed by atoms with van der Waals surface area (Å²) in [6, 6.07) is 5.21. The Labute approximate surface area is 120 Å². The summed E-state index contributed by atoms with van der Waals surface area (Å²) in [5.74, 6) is 0.564. The molecule has 1 unspecified atom stereocenters. The van der Waals surface area contributed by atoms with E-state index in [1.54, 1.807) is 11.8 Å². The van der Waals surface area contributed by atoms with Gasteiger partial charge in [0.25, 0.3) is 0 Å². The van der Waals surface area contributed by atoms with E-state index in [9.17, 15) is 13.2 Å². The van der Waals surface area contributed by atoms with E-state index in [-0.39, 0.29) is 0 Å². The minimum Gasteiger partial charge on any atom is -0.361 e. The third-order valence-corrected chi connectivity index (χ3v) is 4.64. The van der Waals surface area contributed by atoms with Gasteiger partial charge in [0.15, 0.2) is 5.17 Å². The van der Waals surface area contributed by atoms with Gasteiger partial charge in [0, 0.05) is 11.8 Å². The molecule has 20 heavy (non-hydrogen) atoms. The zero-order valence-electron chi connectivity index (χ0n) is 11.4. The van der Waals surface area contributed by atoms with Gasteiger partial charge >= 0.3 is 6.18 Å². The van der Waals surface area contributed by atoms with Gasteiger partial charge < -0.3 is 5.32 Å². The molecule has 1 N–H and O–H groups in total. The third kappa shape index (κ3) is 3.91. The SMILES string of the molecule is CC(C)C1CN=C(NCc2ccc(C(F)(F)F)cc2)S1. The van der Waals surface area contributed by atoms with Crippen LogP contribution in [0.3, 0.4) is 0 Å². The molecule has 0 aromatic heterocycles. The minimum atomic E-state index is -4.28. The number of amidine groups is 1. The van der Waals surface area contributed by atoms with E-state index in [0.717, 1.165) is 29.4 Å². The number of hydrogen-bond acceptors (Lipinski definition) is 3. The van der Waals surface area contributed by atoms with Crippen molar-refractivity contribution in [2.45, 2.75) is 31.8 Å². The zero-order chi connectivity index (χ0) is 14.8. The highest BCUT2D eigenvalue weighted by Gasteiger charge is 2.30. The molecule has 0 spiro atoms. The minimum absolute atomic E-state index is 0.491. The van der Waals surface area contributed by atoms with Gasteiger partial charge in [-0.2, -0.15) is 13.2 Å². The molecule has 0 saturated carbocycles. The molecule has 0 radical (unpaired) electrons. The van der Waals surface area contributed by atoms with Crippen LogP contribution in [0.5, 0.6) is 0 Å². The van der Waals surface area contributed by atoms with Crippen LogP contribution < -0.4 is 5.32 Å². The van der Waals surface area contributed by atoms with Crippen molar-refractivity contribution < 1.29 is 13.2 Å².